The molecule has 2 N–H and O–H groups in total. The third kappa shape index (κ3) is 2.34. The number of ether oxygens (including phenoxy) is 1. The van der Waals surface area contributed by atoms with Gasteiger partial charge < -0.3 is 19.5 Å². The summed E-state index contributed by atoms with van der Waals surface area (Å²) in [6, 6.07) is 5.13. The first-order chi connectivity index (χ1) is 9.63. The van der Waals surface area contributed by atoms with Crippen LogP contribution in [0.3, 0.4) is 0 Å². The molecule has 2 aromatic rings. The maximum absolute atomic E-state index is 10.7. The highest BCUT2D eigenvalue weighted by Gasteiger charge is 2.27. The number of aromatic nitrogens is 2. The number of aromatic carboxylic acids is 1. The van der Waals surface area contributed by atoms with Gasteiger partial charge in [-0.2, -0.15) is 0 Å². The van der Waals surface area contributed by atoms with Crippen LogP contribution >= 0.6 is 0 Å². The van der Waals surface area contributed by atoms with Crippen molar-refractivity contribution in [3.63, 3.8) is 0 Å². The predicted molar refractivity (Wildman–Crippen MR) is 67.9 cm³/mol. The SMILES string of the molecule is O=C(O)c1cnc(Oc2ccc3c(c2)COB3O)nc1. The second kappa shape index (κ2) is 4.91. The molecule has 8 heteroatoms. The molecule has 1 aromatic carbocycles. The van der Waals surface area contributed by atoms with E-state index in [1.54, 1.807) is 18.2 Å². The molecule has 100 valence electrons. The van der Waals surface area contributed by atoms with Crippen LogP contribution in [0, 0.1) is 0 Å². The first-order valence-corrected chi connectivity index (χ1v) is 5.79. The van der Waals surface area contributed by atoms with Crippen LogP contribution in [0.1, 0.15) is 15.9 Å². The Labute approximate surface area is 114 Å². The lowest BCUT2D eigenvalue weighted by Crippen LogP contribution is -2.27. The van der Waals surface area contributed by atoms with Crippen LogP contribution in [0.5, 0.6) is 11.8 Å². The molecule has 0 spiro atoms. The second-order valence-corrected chi connectivity index (χ2v) is 4.19. The van der Waals surface area contributed by atoms with E-state index < -0.39 is 13.1 Å². The molecule has 1 aliphatic rings. The van der Waals surface area contributed by atoms with Gasteiger partial charge in [-0.25, -0.2) is 14.8 Å². The van der Waals surface area contributed by atoms with Gasteiger partial charge >= 0.3 is 19.1 Å². The lowest BCUT2D eigenvalue weighted by atomic mass is 9.80. The summed E-state index contributed by atoms with van der Waals surface area (Å²) in [6.45, 7) is 0.312. The van der Waals surface area contributed by atoms with E-state index in [9.17, 15) is 9.82 Å². The summed E-state index contributed by atoms with van der Waals surface area (Å²) >= 11 is 0. The Morgan fingerprint density at radius 3 is 2.80 bits per heavy atom. The number of hydrogen-bond donors (Lipinski definition) is 2. The standard InChI is InChI=1S/C12H9BN2O5/c16-11(17)8-4-14-12(15-5-8)20-9-1-2-10-7(3-9)6-19-13(10)18/h1-5,18H,6H2,(H,16,17). The summed E-state index contributed by atoms with van der Waals surface area (Å²) < 4.78 is 10.5. The van der Waals surface area contributed by atoms with Gasteiger partial charge in [0.2, 0.25) is 0 Å². The van der Waals surface area contributed by atoms with Gasteiger partial charge in [-0.1, -0.05) is 6.07 Å². The molecule has 3 rings (SSSR count). The Hall–Kier alpha value is -2.45. The first-order valence-electron chi connectivity index (χ1n) is 5.79. The number of hydrogen-bond acceptors (Lipinski definition) is 6. The topological polar surface area (TPSA) is 102 Å². The van der Waals surface area contributed by atoms with E-state index in [1.165, 1.54) is 12.4 Å². The number of rotatable bonds is 3. The summed E-state index contributed by atoms with van der Waals surface area (Å²) in [7, 11) is -0.898. The average molecular weight is 272 g/mol. The van der Waals surface area contributed by atoms with Crippen molar-refractivity contribution < 1.29 is 24.3 Å². The highest BCUT2D eigenvalue weighted by Crippen LogP contribution is 2.21. The molecular weight excluding hydrogens is 263 g/mol. The maximum Gasteiger partial charge on any atom is 0.491 e. The van der Waals surface area contributed by atoms with Gasteiger partial charge in [0, 0.05) is 12.4 Å². The lowest BCUT2D eigenvalue weighted by molar-refractivity contribution is 0.0696. The molecule has 1 aromatic heterocycles. The summed E-state index contributed by atoms with van der Waals surface area (Å²) in [5, 5.41) is 18.2. The molecule has 0 amide bonds. The molecule has 0 atom stereocenters. The molecule has 0 saturated heterocycles. The zero-order chi connectivity index (χ0) is 14.1. The number of carbonyl (C=O) groups is 1. The molecular formula is C12H9BN2O5. The van der Waals surface area contributed by atoms with Gasteiger partial charge in [0.1, 0.15) is 5.75 Å². The zero-order valence-corrected chi connectivity index (χ0v) is 10.2. The van der Waals surface area contributed by atoms with Crippen LogP contribution in [-0.2, 0) is 11.3 Å². The Bertz CT molecular complexity index is 661. The predicted octanol–water partition coefficient (Wildman–Crippen LogP) is 0.185. The van der Waals surface area contributed by atoms with E-state index in [2.05, 4.69) is 9.97 Å². The summed E-state index contributed by atoms with van der Waals surface area (Å²) in [6.07, 6.45) is 2.34. The van der Waals surface area contributed by atoms with Crippen LogP contribution in [0.15, 0.2) is 30.6 Å². The molecule has 0 fully saturated rings. The van der Waals surface area contributed by atoms with Crippen LogP contribution in [0.4, 0.5) is 0 Å². The van der Waals surface area contributed by atoms with Crippen molar-refractivity contribution in [2.45, 2.75) is 6.61 Å². The van der Waals surface area contributed by atoms with Crippen LogP contribution in [0.25, 0.3) is 0 Å². The van der Waals surface area contributed by atoms with Crippen molar-refractivity contribution in [3.8, 4) is 11.8 Å². The minimum absolute atomic E-state index is 0.0113. The van der Waals surface area contributed by atoms with E-state index in [1.807, 2.05) is 0 Å². The highest BCUT2D eigenvalue weighted by molar-refractivity contribution is 6.61. The number of carboxylic acid groups (broad SMARTS) is 1. The highest BCUT2D eigenvalue weighted by atomic mass is 16.5. The van der Waals surface area contributed by atoms with E-state index in [-0.39, 0.29) is 11.6 Å². The molecule has 0 saturated carbocycles. The van der Waals surface area contributed by atoms with Crippen LogP contribution in [0.2, 0.25) is 0 Å². The van der Waals surface area contributed by atoms with Crippen molar-refractivity contribution >= 4 is 18.6 Å². The van der Waals surface area contributed by atoms with Gasteiger partial charge in [-0.3, -0.25) is 0 Å². The van der Waals surface area contributed by atoms with Crippen LogP contribution < -0.4 is 10.2 Å². The molecule has 0 bridgehead atoms. The van der Waals surface area contributed by atoms with E-state index in [4.69, 9.17) is 14.5 Å². The lowest BCUT2D eigenvalue weighted by Gasteiger charge is -2.05. The Balaban J connectivity index is 1.79. The Morgan fingerprint density at radius 2 is 2.10 bits per heavy atom. The largest absolute Gasteiger partial charge is 0.491 e. The maximum atomic E-state index is 10.7. The number of fused-ring (bicyclic) bond motifs is 1. The Kier molecular flexibility index (Phi) is 3.09. The number of carboxylic acids is 1. The van der Waals surface area contributed by atoms with Gasteiger partial charge in [0.05, 0.1) is 12.2 Å². The minimum Gasteiger partial charge on any atom is -0.478 e. The molecule has 20 heavy (non-hydrogen) atoms. The Morgan fingerprint density at radius 1 is 1.35 bits per heavy atom. The van der Waals surface area contributed by atoms with Gasteiger partial charge in [0.15, 0.2) is 0 Å². The molecule has 1 aliphatic heterocycles. The normalized spacial score (nSPS) is 13.2. The number of nitrogens with zero attached hydrogens (tertiary/aromatic N) is 2. The minimum atomic E-state index is -1.10. The van der Waals surface area contributed by atoms with Crippen molar-refractivity contribution in [2.75, 3.05) is 0 Å². The summed E-state index contributed by atoms with van der Waals surface area (Å²) in [5.41, 5.74) is 1.53. The monoisotopic (exact) mass is 272 g/mol. The van der Waals surface area contributed by atoms with E-state index >= 15 is 0 Å². The van der Waals surface area contributed by atoms with E-state index in [0.717, 1.165) is 5.56 Å². The molecule has 0 aliphatic carbocycles. The quantitative estimate of drug-likeness (QED) is 0.768. The van der Waals surface area contributed by atoms with Gasteiger partial charge in [-0.05, 0) is 23.2 Å². The zero-order valence-electron chi connectivity index (χ0n) is 10.2. The molecule has 7 nitrogen and oxygen atoms in total. The fourth-order valence-corrected chi connectivity index (χ4v) is 1.85. The summed E-state index contributed by atoms with van der Waals surface area (Å²) in [4.78, 5) is 18.3. The fourth-order valence-electron chi connectivity index (χ4n) is 1.85. The fraction of sp³-hybridized carbons (Fsp3) is 0.0833. The van der Waals surface area contributed by atoms with Crippen molar-refractivity contribution in [2.24, 2.45) is 0 Å². The van der Waals surface area contributed by atoms with Crippen molar-refractivity contribution in [1.29, 1.82) is 0 Å². The number of benzene rings is 1. The summed E-state index contributed by atoms with van der Waals surface area (Å²) in [5.74, 6) is -0.607. The third-order valence-electron chi connectivity index (χ3n) is 2.86. The molecule has 0 unspecified atom stereocenters. The van der Waals surface area contributed by atoms with Gasteiger partial charge in [0.25, 0.3) is 0 Å². The molecule has 2 heterocycles. The van der Waals surface area contributed by atoms with Crippen LogP contribution in [-0.4, -0.2) is 33.2 Å². The smallest absolute Gasteiger partial charge is 0.478 e. The van der Waals surface area contributed by atoms with Crippen molar-refractivity contribution in [1.82, 2.24) is 9.97 Å². The second-order valence-electron chi connectivity index (χ2n) is 4.19. The van der Waals surface area contributed by atoms with Gasteiger partial charge in [-0.15, -0.1) is 0 Å². The molecule has 0 radical (unpaired) electrons. The van der Waals surface area contributed by atoms with Crippen molar-refractivity contribution in [3.05, 3.63) is 41.7 Å². The third-order valence-corrected chi connectivity index (χ3v) is 2.86. The van der Waals surface area contributed by atoms with E-state index in [0.29, 0.717) is 17.8 Å². The average Bonchev–Trinajstić information content (AvgIpc) is 2.81. The first kappa shape index (κ1) is 12.6.